The molecule has 4 nitrogen and oxygen atoms in total. The molecular weight excluding hydrogens is 254 g/mol. The number of para-hydroxylation sites is 1. The first-order valence-electron chi connectivity index (χ1n) is 6.21. The first-order valence-corrected chi connectivity index (χ1v) is 6.21. The number of phenolic OH excluding ortho intramolecular Hbond substituents is 1. The number of phenols is 1. The van der Waals surface area contributed by atoms with Crippen LogP contribution < -0.4 is 4.90 Å². The Morgan fingerprint density at radius 3 is 2.75 bits per heavy atom. The molecule has 0 bridgehead atoms. The van der Waals surface area contributed by atoms with Gasteiger partial charge in [0, 0.05) is 12.6 Å². The summed E-state index contributed by atoms with van der Waals surface area (Å²) >= 11 is 0. The molecule has 3 rings (SSSR count). The van der Waals surface area contributed by atoms with Crippen molar-refractivity contribution in [1.29, 1.82) is 0 Å². The lowest BCUT2D eigenvalue weighted by molar-refractivity contribution is 0.199. The number of anilines is 1. The predicted molar refractivity (Wildman–Crippen MR) is 77.3 cm³/mol. The minimum atomic E-state index is -0.421. The normalized spacial score (nSPS) is 15.9. The summed E-state index contributed by atoms with van der Waals surface area (Å²) in [6, 6.07) is 14.3. The summed E-state index contributed by atoms with van der Waals surface area (Å²) in [5.41, 5.74) is 2.42. The highest BCUT2D eigenvalue weighted by atomic mass is 16.6. The van der Waals surface area contributed by atoms with E-state index in [9.17, 15) is 9.90 Å². The number of cyclic esters (lactones) is 1. The van der Waals surface area contributed by atoms with Gasteiger partial charge in [-0.1, -0.05) is 24.3 Å². The van der Waals surface area contributed by atoms with Crippen LogP contribution >= 0.6 is 0 Å². The second kappa shape index (κ2) is 4.74. The number of fused-ring (bicyclic) bond motifs is 1. The second-order valence-electron chi connectivity index (χ2n) is 4.55. The number of carbonyl (C=O) groups excluding carboxylic acids is 1. The van der Waals surface area contributed by atoms with Gasteiger partial charge in [0.05, 0.1) is 5.69 Å². The van der Waals surface area contributed by atoms with E-state index < -0.39 is 6.09 Å². The lowest BCUT2D eigenvalue weighted by atomic mass is 10.1. The van der Waals surface area contributed by atoms with E-state index in [0.29, 0.717) is 5.76 Å². The molecule has 0 saturated heterocycles. The SMILES string of the molecule is CN1C(=O)O/C(=C\c2cccc(O)c2)c2ccccc21. The lowest BCUT2D eigenvalue weighted by Gasteiger charge is -2.26. The third kappa shape index (κ3) is 2.12. The van der Waals surface area contributed by atoms with Gasteiger partial charge in [0.25, 0.3) is 0 Å². The van der Waals surface area contributed by atoms with Gasteiger partial charge in [-0.05, 0) is 35.9 Å². The Bertz CT molecular complexity index is 706. The van der Waals surface area contributed by atoms with Crippen molar-refractivity contribution in [2.45, 2.75) is 0 Å². The van der Waals surface area contributed by atoms with Gasteiger partial charge in [-0.3, -0.25) is 4.90 Å². The Morgan fingerprint density at radius 2 is 1.95 bits per heavy atom. The highest BCUT2D eigenvalue weighted by Crippen LogP contribution is 2.34. The van der Waals surface area contributed by atoms with Crippen LogP contribution in [0.25, 0.3) is 11.8 Å². The third-order valence-electron chi connectivity index (χ3n) is 3.17. The lowest BCUT2D eigenvalue weighted by Crippen LogP contribution is -2.31. The molecule has 0 unspecified atom stereocenters. The summed E-state index contributed by atoms with van der Waals surface area (Å²) in [4.78, 5) is 13.3. The van der Waals surface area contributed by atoms with Gasteiger partial charge < -0.3 is 9.84 Å². The fourth-order valence-electron chi connectivity index (χ4n) is 2.16. The van der Waals surface area contributed by atoms with Crippen molar-refractivity contribution in [3.8, 4) is 5.75 Å². The number of amides is 1. The fraction of sp³-hybridized carbons (Fsp3) is 0.0625. The molecule has 0 fully saturated rings. The highest BCUT2D eigenvalue weighted by molar-refractivity contribution is 6.01. The van der Waals surface area contributed by atoms with E-state index >= 15 is 0 Å². The minimum Gasteiger partial charge on any atom is -0.508 e. The van der Waals surface area contributed by atoms with Gasteiger partial charge in [0.15, 0.2) is 0 Å². The zero-order valence-electron chi connectivity index (χ0n) is 10.9. The fourth-order valence-corrected chi connectivity index (χ4v) is 2.16. The summed E-state index contributed by atoms with van der Waals surface area (Å²) in [5.74, 6) is 0.654. The third-order valence-corrected chi connectivity index (χ3v) is 3.17. The molecule has 1 aliphatic rings. The van der Waals surface area contributed by atoms with Crippen LogP contribution in [0.3, 0.4) is 0 Å². The molecule has 2 aromatic carbocycles. The highest BCUT2D eigenvalue weighted by Gasteiger charge is 2.25. The summed E-state index contributed by atoms with van der Waals surface area (Å²) in [5, 5.41) is 9.49. The number of hydrogen-bond donors (Lipinski definition) is 1. The van der Waals surface area contributed by atoms with Crippen LogP contribution in [0.5, 0.6) is 5.75 Å². The predicted octanol–water partition coefficient (Wildman–Crippen LogP) is 3.48. The van der Waals surface area contributed by atoms with Gasteiger partial charge >= 0.3 is 6.09 Å². The molecule has 0 spiro atoms. The molecule has 2 aromatic rings. The number of rotatable bonds is 1. The molecule has 100 valence electrons. The van der Waals surface area contributed by atoms with E-state index in [1.165, 1.54) is 4.90 Å². The van der Waals surface area contributed by atoms with Gasteiger partial charge in [-0.25, -0.2) is 4.79 Å². The van der Waals surface area contributed by atoms with E-state index in [4.69, 9.17) is 4.74 Å². The van der Waals surface area contributed by atoms with Crippen molar-refractivity contribution in [2.24, 2.45) is 0 Å². The molecule has 0 saturated carbocycles. The number of carbonyl (C=O) groups is 1. The zero-order chi connectivity index (χ0) is 14.1. The van der Waals surface area contributed by atoms with Crippen LogP contribution in [0.15, 0.2) is 48.5 Å². The molecule has 0 radical (unpaired) electrons. The summed E-state index contributed by atoms with van der Waals surface area (Å²) < 4.78 is 5.34. The zero-order valence-corrected chi connectivity index (χ0v) is 10.9. The topological polar surface area (TPSA) is 49.8 Å². The molecule has 1 amide bonds. The molecule has 1 N–H and O–H groups in total. The van der Waals surface area contributed by atoms with Crippen molar-refractivity contribution < 1.29 is 14.6 Å². The maximum atomic E-state index is 11.8. The van der Waals surface area contributed by atoms with Crippen LogP contribution in [-0.2, 0) is 4.74 Å². The summed E-state index contributed by atoms with van der Waals surface area (Å²) in [7, 11) is 1.67. The first kappa shape index (κ1) is 12.3. The van der Waals surface area contributed by atoms with Crippen molar-refractivity contribution >= 4 is 23.6 Å². The van der Waals surface area contributed by atoms with Crippen LogP contribution in [0.1, 0.15) is 11.1 Å². The van der Waals surface area contributed by atoms with Crippen molar-refractivity contribution in [2.75, 3.05) is 11.9 Å². The van der Waals surface area contributed by atoms with Crippen LogP contribution in [0.4, 0.5) is 10.5 Å². The average Bonchev–Trinajstić information content (AvgIpc) is 2.45. The van der Waals surface area contributed by atoms with E-state index in [2.05, 4.69) is 0 Å². The number of ether oxygens (including phenoxy) is 1. The van der Waals surface area contributed by atoms with Crippen molar-refractivity contribution in [1.82, 2.24) is 0 Å². The molecule has 0 aliphatic carbocycles. The summed E-state index contributed by atoms with van der Waals surface area (Å²) in [6.07, 6.45) is 1.32. The van der Waals surface area contributed by atoms with Gasteiger partial charge in [0.1, 0.15) is 11.5 Å². The maximum Gasteiger partial charge on any atom is 0.419 e. The second-order valence-corrected chi connectivity index (χ2v) is 4.55. The van der Waals surface area contributed by atoms with E-state index in [1.807, 2.05) is 30.3 Å². The molecule has 20 heavy (non-hydrogen) atoms. The monoisotopic (exact) mass is 267 g/mol. The molecule has 1 heterocycles. The number of hydrogen-bond acceptors (Lipinski definition) is 3. The smallest absolute Gasteiger partial charge is 0.419 e. The van der Waals surface area contributed by atoms with Crippen LogP contribution in [0.2, 0.25) is 0 Å². The number of aromatic hydroxyl groups is 1. The molecule has 4 heteroatoms. The Hall–Kier alpha value is -2.75. The Kier molecular flexibility index (Phi) is 2.91. The first-order chi connectivity index (χ1) is 9.65. The Balaban J connectivity index is 2.11. The standard InChI is InChI=1S/C16H13NO3/c1-17-14-8-3-2-7-13(14)15(20-16(17)19)10-11-5-4-6-12(18)9-11/h2-10,18H,1H3/b15-10-. The summed E-state index contributed by atoms with van der Waals surface area (Å²) in [6.45, 7) is 0. The van der Waals surface area contributed by atoms with Gasteiger partial charge in [0.2, 0.25) is 0 Å². The van der Waals surface area contributed by atoms with Crippen LogP contribution in [-0.4, -0.2) is 18.2 Å². The molecule has 0 aromatic heterocycles. The largest absolute Gasteiger partial charge is 0.508 e. The maximum absolute atomic E-state index is 11.8. The molecule has 1 aliphatic heterocycles. The van der Waals surface area contributed by atoms with Crippen molar-refractivity contribution in [3.63, 3.8) is 0 Å². The number of benzene rings is 2. The Morgan fingerprint density at radius 1 is 1.15 bits per heavy atom. The van der Waals surface area contributed by atoms with Crippen molar-refractivity contribution in [3.05, 3.63) is 59.7 Å². The van der Waals surface area contributed by atoms with E-state index in [-0.39, 0.29) is 5.75 Å². The van der Waals surface area contributed by atoms with E-state index in [1.54, 1.807) is 31.3 Å². The molecular formula is C16H13NO3. The average molecular weight is 267 g/mol. The minimum absolute atomic E-state index is 0.173. The quantitative estimate of drug-likeness (QED) is 0.860. The van der Waals surface area contributed by atoms with E-state index in [0.717, 1.165) is 16.8 Å². The molecule has 0 atom stereocenters. The number of nitrogens with zero attached hydrogens (tertiary/aromatic N) is 1. The van der Waals surface area contributed by atoms with Crippen LogP contribution in [0, 0.1) is 0 Å². The van der Waals surface area contributed by atoms with Gasteiger partial charge in [-0.15, -0.1) is 0 Å². The Labute approximate surface area is 116 Å². The van der Waals surface area contributed by atoms with Gasteiger partial charge in [-0.2, -0.15) is 0 Å².